The summed E-state index contributed by atoms with van der Waals surface area (Å²) >= 11 is 3.43. The minimum atomic E-state index is -0.195. The summed E-state index contributed by atoms with van der Waals surface area (Å²) in [4.78, 5) is 2.17. The van der Waals surface area contributed by atoms with Crippen LogP contribution in [0.4, 0.5) is 5.69 Å². The van der Waals surface area contributed by atoms with Gasteiger partial charge in [-0.05, 0) is 40.9 Å². The van der Waals surface area contributed by atoms with Gasteiger partial charge in [0.2, 0.25) is 0 Å². The number of nitrogens with two attached hydrogens (primary N) is 1. The zero-order chi connectivity index (χ0) is 12.4. The Bertz CT molecular complexity index is 428. The van der Waals surface area contributed by atoms with Crippen molar-refractivity contribution < 1.29 is 5.11 Å². The van der Waals surface area contributed by atoms with E-state index in [2.05, 4.69) is 20.8 Å². The van der Waals surface area contributed by atoms with E-state index in [1.165, 1.54) is 0 Å². The summed E-state index contributed by atoms with van der Waals surface area (Å²) in [6.07, 6.45) is 1.34. The van der Waals surface area contributed by atoms with Gasteiger partial charge in [0.1, 0.15) is 5.84 Å². The Labute approximate surface area is 109 Å². The summed E-state index contributed by atoms with van der Waals surface area (Å²) in [5, 5.41) is 17.2. The number of rotatable bonds is 2. The molecule has 1 heterocycles. The van der Waals surface area contributed by atoms with Crippen molar-refractivity contribution in [1.82, 2.24) is 0 Å². The number of benzene rings is 1. The van der Waals surface area contributed by atoms with E-state index in [-0.39, 0.29) is 11.9 Å². The number of anilines is 1. The maximum Gasteiger partial charge on any atom is 0.126 e. The maximum atomic E-state index is 9.50. The number of nitrogens with zero attached hydrogens (tertiary/aromatic N) is 1. The first-order valence-electron chi connectivity index (χ1n) is 5.65. The number of aliphatic hydroxyl groups is 1. The molecule has 0 amide bonds. The minimum absolute atomic E-state index is 0.0681. The highest BCUT2D eigenvalue weighted by Crippen LogP contribution is 2.29. The molecule has 1 aromatic carbocycles. The van der Waals surface area contributed by atoms with E-state index in [1.54, 1.807) is 0 Å². The van der Waals surface area contributed by atoms with Crippen LogP contribution in [0.5, 0.6) is 0 Å². The van der Waals surface area contributed by atoms with Gasteiger partial charge in [-0.25, -0.2) is 0 Å². The highest BCUT2D eigenvalue weighted by Gasteiger charge is 2.21. The standard InChI is InChI=1S/C12H16BrN3O/c13-9-2-1-3-10(11(9)12(14)15)16-6-4-8(17)5-7-16/h1-3,8,17H,4-7H2,(H3,14,15). The molecule has 0 saturated carbocycles. The molecule has 5 heteroatoms. The third-order valence-electron chi connectivity index (χ3n) is 3.07. The third-order valence-corrected chi connectivity index (χ3v) is 3.73. The number of halogens is 1. The highest BCUT2D eigenvalue weighted by atomic mass is 79.9. The number of piperidine rings is 1. The molecule has 1 aromatic rings. The fraction of sp³-hybridized carbons (Fsp3) is 0.417. The molecule has 0 atom stereocenters. The smallest absolute Gasteiger partial charge is 0.126 e. The van der Waals surface area contributed by atoms with Crippen molar-refractivity contribution >= 4 is 27.5 Å². The largest absolute Gasteiger partial charge is 0.393 e. The molecule has 0 aromatic heterocycles. The van der Waals surface area contributed by atoms with E-state index in [0.717, 1.165) is 41.7 Å². The Morgan fingerprint density at radius 3 is 2.65 bits per heavy atom. The van der Waals surface area contributed by atoms with Crippen molar-refractivity contribution in [3.63, 3.8) is 0 Å². The highest BCUT2D eigenvalue weighted by molar-refractivity contribution is 9.10. The fourth-order valence-corrected chi connectivity index (χ4v) is 2.72. The van der Waals surface area contributed by atoms with Crippen molar-refractivity contribution in [1.29, 1.82) is 5.41 Å². The second-order valence-corrected chi connectivity index (χ2v) is 5.12. The third kappa shape index (κ3) is 2.61. The predicted molar refractivity (Wildman–Crippen MR) is 72.6 cm³/mol. The quantitative estimate of drug-likeness (QED) is 0.574. The monoisotopic (exact) mass is 297 g/mol. The molecule has 0 bridgehead atoms. The lowest BCUT2D eigenvalue weighted by Gasteiger charge is -2.33. The van der Waals surface area contributed by atoms with E-state index in [1.807, 2.05) is 18.2 Å². The maximum absolute atomic E-state index is 9.50. The van der Waals surface area contributed by atoms with Crippen LogP contribution in [0.25, 0.3) is 0 Å². The lowest BCUT2D eigenvalue weighted by atomic mass is 10.0. The van der Waals surface area contributed by atoms with Gasteiger partial charge in [-0.3, -0.25) is 5.41 Å². The molecule has 4 nitrogen and oxygen atoms in total. The molecule has 2 rings (SSSR count). The van der Waals surface area contributed by atoms with Crippen molar-refractivity contribution in [2.45, 2.75) is 18.9 Å². The Hall–Kier alpha value is -1.07. The Morgan fingerprint density at radius 2 is 2.06 bits per heavy atom. The molecule has 1 aliphatic heterocycles. The second-order valence-electron chi connectivity index (χ2n) is 4.27. The molecular formula is C12H16BrN3O. The SMILES string of the molecule is N=C(N)c1c(Br)cccc1N1CCC(O)CC1. The molecule has 0 aliphatic carbocycles. The molecule has 0 radical (unpaired) electrons. The van der Waals surface area contributed by atoms with Gasteiger partial charge in [-0.1, -0.05) is 6.07 Å². The molecule has 1 fully saturated rings. The fourth-order valence-electron chi connectivity index (χ4n) is 2.15. The van der Waals surface area contributed by atoms with Gasteiger partial charge in [0.05, 0.1) is 11.7 Å². The van der Waals surface area contributed by atoms with Crippen molar-refractivity contribution in [2.24, 2.45) is 5.73 Å². The average Bonchev–Trinajstić information content (AvgIpc) is 2.29. The van der Waals surface area contributed by atoms with Crippen LogP contribution in [0.1, 0.15) is 18.4 Å². The van der Waals surface area contributed by atoms with Gasteiger partial charge >= 0.3 is 0 Å². The van der Waals surface area contributed by atoms with Gasteiger partial charge in [0.15, 0.2) is 0 Å². The summed E-state index contributed by atoms with van der Waals surface area (Å²) in [6, 6.07) is 5.80. The van der Waals surface area contributed by atoms with E-state index in [4.69, 9.17) is 11.1 Å². The van der Waals surface area contributed by atoms with Crippen molar-refractivity contribution in [3.05, 3.63) is 28.2 Å². The minimum Gasteiger partial charge on any atom is -0.393 e. The summed E-state index contributed by atoms with van der Waals surface area (Å²) in [6.45, 7) is 1.61. The zero-order valence-electron chi connectivity index (χ0n) is 9.49. The number of hydrogen-bond acceptors (Lipinski definition) is 3. The van der Waals surface area contributed by atoms with E-state index < -0.39 is 0 Å². The first-order chi connectivity index (χ1) is 8.09. The van der Waals surface area contributed by atoms with E-state index in [0.29, 0.717) is 0 Å². The second kappa shape index (κ2) is 5.06. The van der Waals surface area contributed by atoms with Crippen molar-refractivity contribution in [3.8, 4) is 0 Å². The van der Waals surface area contributed by atoms with Crippen LogP contribution in [-0.2, 0) is 0 Å². The molecular weight excluding hydrogens is 282 g/mol. The average molecular weight is 298 g/mol. The summed E-state index contributed by atoms with van der Waals surface area (Å²) in [5.41, 5.74) is 7.34. The van der Waals surface area contributed by atoms with E-state index >= 15 is 0 Å². The summed E-state index contributed by atoms with van der Waals surface area (Å²) in [5.74, 6) is 0.0681. The van der Waals surface area contributed by atoms with Gasteiger partial charge in [0.25, 0.3) is 0 Å². The van der Waals surface area contributed by atoms with Crippen LogP contribution in [-0.4, -0.2) is 30.1 Å². The number of nitrogens with one attached hydrogen (secondary N) is 1. The molecule has 4 N–H and O–H groups in total. The molecule has 0 unspecified atom stereocenters. The predicted octanol–water partition coefficient (Wildman–Crippen LogP) is 1.69. The first-order valence-corrected chi connectivity index (χ1v) is 6.45. The number of hydrogen-bond donors (Lipinski definition) is 3. The van der Waals surface area contributed by atoms with Gasteiger partial charge in [-0.15, -0.1) is 0 Å². The molecule has 0 spiro atoms. The molecule has 1 aliphatic rings. The number of aliphatic hydroxyl groups excluding tert-OH is 1. The van der Waals surface area contributed by atoms with Crippen molar-refractivity contribution in [2.75, 3.05) is 18.0 Å². The van der Waals surface area contributed by atoms with Crippen LogP contribution in [0.15, 0.2) is 22.7 Å². The molecule has 17 heavy (non-hydrogen) atoms. The van der Waals surface area contributed by atoms with Crippen LogP contribution in [0.3, 0.4) is 0 Å². The van der Waals surface area contributed by atoms with Crippen LogP contribution >= 0.6 is 15.9 Å². The van der Waals surface area contributed by atoms with Crippen LogP contribution in [0, 0.1) is 5.41 Å². The summed E-state index contributed by atoms with van der Waals surface area (Å²) in [7, 11) is 0. The lowest BCUT2D eigenvalue weighted by molar-refractivity contribution is 0.145. The Morgan fingerprint density at radius 1 is 1.41 bits per heavy atom. The zero-order valence-corrected chi connectivity index (χ0v) is 11.1. The molecule has 92 valence electrons. The van der Waals surface area contributed by atoms with Gasteiger partial charge < -0.3 is 15.7 Å². The summed E-state index contributed by atoms with van der Waals surface area (Å²) < 4.78 is 0.841. The lowest BCUT2D eigenvalue weighted by Crippen LogP contribution is -2.37. The first kappa shape index (κ1) is 12.4. The number of nitrogen functional groups attached to an aromatic ring is 1. The van der Waals surface area contributed by atoms with Gasteiger partial charge in [0, 0.05) is 23.2 Å². The number of amidine groups is 1. The van der Waals surface area contributed by atoms with Crippen LogP contribution in [0.2, 0.25) is 0 Å². The Kier molecular flexibility index (Phi) is 3.69. The van der Waals surface area contributed by atoms with Crippen LogP contribution < -0.4 is 10.6 Å². The molecule has 1 saturated heterocycles. The normalized spacial score (nSPS) is 17.2. The van der Waals surface area contributed by atoms with Gasteiger partial charge in [-0.2, -0.15) is 0 Å². The Balaban J connectivity index is 2.32. The van der Waals surface area contributed by atoms with E-state index in [9.17, 15) is 5.11 Å². The topological polar surface area (TPSA) is 73.3 Å².